The summed E-state index contributed by atoms with van der Waals surface area (Å²) in [5.41, 5.74) is 25.5. The average Bonchev–Trinajstić information content (AvgIpc) is 1.51. The van der Waals surface area contributed by atoms with Crippen molar-refractivity contribution in [3.8, 4) is 22.3 Å². The van der Waals surface area contributed by atoms with E-state index in [9.17, 15) is 0 Å². The third-order valence-corrected chi connectivity index (χ3v) is 19.4. The molecule has 0 fully saturated rings. The zero-order valence-corrected chi connectivity index (χ0v) is 47.8. The topological polar surface area (TPSA) is 41.6 Å². The lowest BCUT2D eigenvalue weighted by Crippen LogP contribution is -2.18. The van der Waals surface area contributed by atoms with Crippen molar-refractivity contribution in [2.24, 2.45) is 0 Å². The van der Waals surface area contributed by atoms with Crippen molar-refractivity contribution in [1.29, 1.82) is 0 Å². The number of hydrogen-bond acceptors (Lipinski definition) is 4. The average molecular weight is 1110 g/mol. The van der Waals surface area contributed by atoms with Crippen molar-refractivity contribution in [3.05, 3.63) is 258 Å². The first kappa shape index (κ1) is 47.9. The molecule has 0 saturated carbocycles. The Bertz CT molecular complexity index is 5740. The Morgan fingerprint density at radius 2 is 0.837 bits per heavy atom. The van der Waals surface area contributed by atoms with Crippen molar-refractivity contribution >= 4 is 138 Å². The third-order valence-electron chi connectivity index (χ3n) is 19.4. The Morgan fingerprint density at radius 1 is 0.372 bits per heavy atom. The molecule has 6 nitrogen and oxygen atoms in total. The van der Waals surface area contributed by atoms with E-state index in [0.717, 1.165) is 94.6 Å². The van der Waals surface area contributed by atoms with Crippen LogP contribution < -0.4 is 9.80 Å². The molecule has 0 N–H and O–H groups in total. The number of hydrogen-bond donors (Lipinski definition) is 0. The van der Waals surface area contributed by atoms with E-state index in [4.69, 9.17) is 8.83 Å². The molecule has 0 unspecified atom stereocenters. The summed E-state index contributed by atoms with van der Waals surface area (Å²) in [6, 6.07) is 72.5. The lowest BCUT2D eigenvalue weighted by Gasteiger charge is -2.29. The zero-order chi connectivity index (χ0) is 56.5. The number of anilines is 4. The summed E-state index contributed by atoms with van der Waals surface area (Å²) in [7, 11) is 0. The van der Waals surface area contributed by atoms with Crippen molar-refractivity contribution in [2.75, 3.05) is 9.80 Å². The maximum atomic E-state index is 6.90. The van der Waals surface area contributed by atoms with Gasteiger partial charge in [0.1, 0.15) is 11.3 Å². The minimum absolute atomic E-state index is 0.890. The van der Waals surface area contributed by atoms with E-state index in [-0.39, 0.29) is 0 Å². The van der Waals surface area contributed by atoms with Crippen molar-refractivity contribution in [2.45, 2.75) is 52.4 Å². The first-order valence-corrected chi connectivity index (χ1v) is 30.5. The Balaban J connectivity index is 0.906. The highest BCUT2D eigenvalue weighted by atomic mass is 16.3. The van der Waals surface area contributed by atoms with Gasteiger partial charge in [-0.3, -0.25) is 0 Å². The van der Waals surface area contributed by atoms with E-state index < -0.39 is 0 Å². The second-order valence-corrected chi connectivity index (χ2v) is 24.1. The smallest absolute Gasteiger partial charge is 0.159 e. The van der Waals surface area contributed by atoms with Gasteiger partial charge in [0.2, 0.25) is 0 Å². The fourth-order valence-corrected chi connectivity index (χ4v) is 15.6. The molecular formula is C80H56N4O2. The molecule has 16 aromatic rings. The number of aryl methyl sites for hydroxylation is 1. The molecule has 0 amide bonds. The summed E-state index contributed by atoms with van der Waals surface area (Å²) in [5.74, 6) is 1.07. The molecule has 19 rings (SSSR count). The predicted molar refractivity (Wildman–Crippen MR) is 360 cm³/mol. The van der Waals surface area contributed by atoms with Gasteiger partial charge >= 0.3 is 0 Å². The molecule has 3 aliphatic rings. The fraction of sp³-hybridized carbons (Fsp3) is 0.100. The Labute approximate surface area is 495 Å². The van der Waals surface area contributed by atoms with Crippen molar-refractivity contribution in [3.63, 3.8) is 0 Å². The van der Waals surface area contributed by atoms with Gasteiger partial charge in [0.25, 0.3) is 0 Å². The second kappa shape index (κ2) is 18.0. The number of allylic oxidation sites excluding steroid dienone is 7. The van der Waals surface area contributed by atoms with E-state index >= 15 is 0 Å². The molecule has 3 aliphatic carbocycles. The molecule has 0 bridgehead atoms. The number of fused-ring (bicyclic) bond motifs is 18. The Morgan fingerprint density at radius 3 is 1.41 bits per heavy atom. The lowest BCUT2D eigenvalue weighted by atomic mass is 9.89. The first-order chi connectivity index (χ1) is 42.6. The van der Waals surface area contributed by atoms with Gasteiger partial charge < -0.3 is 27.4 Å². The standard InChI is InChI=1S/C80H56N4O2/c1-47-21-9-13-35-63(47)81(67-37-19-31-57-53-27-11-15-39-69(53)85-79(57)67)51-41-43-65-61(45-51)55-29-17-33-59-73-72(50-25-7-4-8-26-50)78-74(71(49-23-5-3-6-24-49)77(73)83(65)75(55)59)60-34-18-30-56-62-46-52(42-44-66(62)84(78)76(56)60)82(64-36-14-10-22-48(64)2)68-38-20-32-58-54-28-12-16-40-70(54)86-80(58)68/h3-8,11-15,17-20,23-39,41-46H,9-10,16,21-22,40H2,1-2H3. The maximum Gasteiger partial charge on any atom is 0.159 e. The normalized spacial score (nSPS) is 14.8. The van der Waals surface area contributed by atoms with Crippen molar-refractivity contribution < 1.29 is 8.83 Å². The van der Waals surface area contributed by atoms with E-state index in [1.165, 1.54) is 132 Å². The second-order valence-electron chi connectivity index (χ2n) is 24.1. The zero-order valence-electron chi connectivity index (χ0n) is 47.8. The SMILES string of the molecule is CC1=C(N(c2ccc3c(c2)c2cccc4c5c(-c6ccccc6)c6c(c(-c7ccccc7)c5n3c24)c2cccc3c4cc(N(C5=C(C)CCC=C5)c5cccc7c5oc5ccccc57)ccc4n6c32)c2cccc3c4c(oc23)CCC=C4)C=CCC1. The Kier molecular flexibility index (Phi) is 10.0. The van der Waals surface area contributed by atoms with Crippen LogP contribution in [0.3, 0.4) is 0 Å². The summed E-state index contributed by atoms with van der Waals surface area (Å²) >= 11 is 0. The van der Waals surface area contributed by atoms with Crippen LogP contribution in [0.5, 0.6) is 0 Å². The lowest BCUT2D eigenvalue weighted by molar-refractivity contribution is 0.546. The third kappa shape index (κ3) is 6.50. The van der Waals surface area contributed by atoms with E-state index in [2.05, 4.69) is 263 Å². The van der Waals surface area contributed by atoms with Crippen LogP contribution in [0.2, 0.25) is 0 Å². The van der Waals surface area contributed by atoms with Gasteiger partial charge in [-0.25, -0.2) is 0 Å². The van der Waals surface area contributed by atoms with Crippen LogP contribution in [0.1, 0.15) is 57.3 Å². The number of rotatable bonds is 8. The molecule has 0 saturated heterocycles. The summed E-state index contributed by atoms with van der Waals surface area (Å²) in [4.78, 5) is 4.92. The van der Waals surface area contributed by atoms with Gasteiger partial charge in [0.05, 0.1) is 44.5 Å². The van der Waals surface area contributed by atoms with Crippen LogP contribution in [-0.4, -0.2) is 8.80 Å². The first-order valence-electron chi connectivity index (χ1n) is 30.5. The molecule has 10 aromatic carbocycles. The number of furan rings is 2. The fourth-order valence-electron chi connectivity index (χ4n) is 15.6. The molecule has 6 heteroatoms. The minimum Gasteiger partial charge on any atom is -0.458 e. The summed E-state index contributed by atoms with van der Waals surface area (Å²) in [6.07, 6.45) is 19.8. The molecule has 0 spiro atoms. The number of nitrogens with zero attached hydrogens (tertiary/aromatic N) is 4. The van der Waals surface area contributed by atoms with Gasteiger partial charge in [0, 0.05) is 105 Å². The molecule has 0 radical (unpaired) electrons. The van der Waals surface area contributed by atoms with E-state index in [1.807, 2.05) is 0 Å². The predicted octanol–water partition coefficient (Wildman–Crippen LogP) is 22.5. The van der Waals surface area contributed by atoms with E-state index in [1.54, 1.807) is 0 Å². The summed E-state index contributed by atoms with van der Waals surface area (Å²) < 4.78 is 19.0. The minimum atomic E-state index is 0.890. The molecular weight excluding hydrogens is 1050 g/mol. The number of aromatic nitrogens is 2. The molecule has 408 valence electrons. The number of benzene rings is 10. The molecule has 86 heavy (non-hydrogen) atoms. The monoisotopic (exact) mass is 1100 g/mol. The van der Waals surface area contributed by atoms with Gasteiger partial charge in [0.15, 0.2) is 11.2 Å². The van der Waals surface area contributed by atoms with Crippen LogP contribution in [0, 0.1) is 0 Å². The van der Waals surface area contributed by atoms with Crippen molar-refractivity contribution in [1.82, 2.24) is 8.80 Å². The van der Waals surface area contributed by atoms with Crippen LogP contribution in [-0.2, 0) is 6.42 Å². The van der Waals surface area contributed by atoms with Crippen LogP contribution in [0.15, 0.2) is 256 Å². The molecule has 6 heterocycles. The summed E-state index contributed by atoms with van der Waals surface area (Å²) in [6.45, 7) is 4.59. The van der Waals surface area contributed by atoms with Crippen LogP contribution in [0.25, 0.3) is 137 Å². The molecule has 0 atom stereocenters. The highest BCUT2D eigenvalue weighted by molar-refractivity contribution is 6.38. The van der Waals surface area contributed by atoms with Gasteiger partial charge in [-0.2, -0.15) is 0 Å². The molecule has 0 aliphatic heterocycles. The Hall–Kier alpha value is -10.6. The number of para-hydroxylation sites is 5. The van der Waals surface area contributed by atoms with Gasteiger partial charge in [-0.1, -0.05) is 164 Å². The highest BCUT2D eigenvalue weighted by Gasteiger charge is 2.33. The molecule has 6 aromatic heterocycles. The highest BCUT2D eigenvalue weighted by Crippen LogP contribution is 2.55. The van der Waals surface area contributed by atoms with E-state index in [0.29, 0.717) is 0 Å². The summed E-state index contributed by atoms with van der Waals surface area (Å²) in [5, 5.41) is 13.3. The maximum absolute atomic E-state index is 6.90. The quantitative estimate of drug-likeness (QED) is 0.152. The largest absolute Gasteiger partial charge is 0.458 e. The van der Waals surface area contributed by atoms with Gasteiger partial charge in [-0.05, 0) is 135 Å². The van der Waals surface area contributed by atoms with Crippen LogP contribution >= 0.6 is 0 Å². The van der Waals surface area contributed by atoms with Crippen LogP contribution in [0.4, 0.5) is 22.7 Å². The van der Waals surface area contributed by atoms with Gasteiger partial charge in [-0.15, -0.1) is 0 Å².